The maximum atomic E-state index is 12.8. The molecule has 2 aromatic rings. The Labute approximate surface area is 133 Å². The van der Waals surface area contributed by atoms with Gasteiger partial charge in [-0.2, -0.15) is 0 Å². The van der Waals surface area contributed by atoms with Crippen molar-refractivity contribution < 1.29 is 12.8 Å². The summed E-state index contributed by atoms with van der Waals surface area (Å²) in [6.07, 6.45) is 0. The number of thiocarbonyl (C=S) groups is 1. The third-order valence-electron chi connectivity index (χ3n) is 2.75. The minimum absolute atomic E-state index is 0.00698. The van der Waals surface area contributed by atoms with E-state index in [0.29, 0.717) is 10.8 Å². The fraction of sp³-hybridized carbons (Fsp3) is 0.0714. The average Bonchev–Trinajstić information content (AvgIpc) is 2.49. The van der Waals surface area contributed by atoms with Crippen molar-refractivity contribution in [1.82, 2.24) is 5.32 Å². The molecule has 22 heavy (non-hydrogen) atoms. The van der Waals surface area contributed by atoms with Crippen molar-refractivity contribution in [1.29, 1.82) is 0 Å². The second kappa shape index (κ2) is 6.71. The third kappa shape index (κ3) is 4.15. The van der Waals surface area contributed by atoms with Gasteiger partial charge in [-0.3, -0.25) is 4.72 Å². The Hall–Kier alpha value is -2.19. The average molecular weight is 339 g/mol. The summed E-state index contributed by atoms with van der Waals surface area (Å²) in [6.45, 7) is 0. The van der Waals surface area contributed by atoms with E-state index in [-0.39, 0.29) is 4.90 Å². The lowest BCUT2D eigenvalue weighted by molar-refractivity contribution is 0.599. The van der Waals surface area contributed by atoms with Gasteiger partial charge in [-0.05, 0) is 60.7 Å². The predicted octanol–water partition coefficient (Wildman–Crippen LogP) is 2.54. The molecule has 0 atom stereocenters. The van der Waals surface area contributed by atoms with E-state index >= 15 is 0 Å². The molecule has 0 heterocycles. The van der Waals surface area contributed by atoms with E-state index in [4.69, 9.17) is 12.2 Å². The van der Waals surface area contributed by atoms with Gasteiger partial charge in [-0.25, -0.2) is 12.8 Å². The molecule has 0 aromatic heterocycles. The molecule has 3 N–H and O–H groups in total. The lowest BCUT2D eigenvalue weighted by Crippen LogP contribution is -2.24. The zero-order valence-corrected chi connectivity index (χ0v) is 13.3. The van der Waals surface area contributed by atoms with Crippen LogP contribution in [0.15, 0.2) is 53.4 Å². The minimum Gasteiger partial charge on any atom is -0.366 e. The standard InChI is InChI=1S/C14H14FN3O2S2/c1-16-14(21)17-11-4-6-12(7-5-11)18-22(19,20)13-8-2-10(15)3-9-13/h2-9,18H,1H3,(H2,16,17,21). The zero-order chi connectivity index (χ0) is 16.2. The van der Waals surface area contributed by atoms with E-state index in [1.165, 1.54) is 12.1 Å². The van der Waals surface area contributed by atoms with Crippen molar-refractivity contribution in [2.75, 3.05) is 17.1 Å². The van der Waals surface area contributed by atoms with E-state index in [1.807, 2.05) is 0 Å². The summed E-state index contributed by atoms with van der Waals surface area (Å²) in [7, 11) is -2.05. The first-order chi connectivity index (χ1) is 10.4. The van der Waals surface area contributed by atoms with Gasteiger partial charge in [0.2, 0.25) is 0 Å². The number of hydrogen-bond acceptors (Lipinski definition) is 3. The van der Waals surface area contributed by atoms with Crippen LogP contribution in [-0.4, -0.2) is 20.6 Å². The van der Waals surface area contributed by atoms with E-state index in [1.54, 1.807) is 31.3 Å². The number of benzene rings is 2. The molecule has 0 amide bonds. The van der Waals surface area contributed by atoms with E-state index in [9.17, 15) is 12.8 Å². The van der Waals surface area contributed by atoms with Crippen molar-refractivity contribution in [2.24, 2.45) is 0 Å². The first-order valence-corrected chi connectivity index (χ1v) is 8.17. The van der Waals surface area contributed by atoms with Gasteiger partial charge in [0.15, 0.2) is 5.11 Å². The van der Waals surface area contributed by atoms with Gasteiger partial charge in [0, 0.05) is 18.4 Å². The fourth-order valence-electron chi connectivity index (χ4n) is 1.64. The monoisotopic (exact) mass is 339 g/mol. The molecule has 0 saturated carbocycles. The van der Waals surface area contributed by atoms with Gasteiger partial charge in [-0.15, -0.1) is 0 Å². The molecule has 0 radical (unpaired) electrons. The van der Waals surface area contributed by atoms with Crippen LogP contribution < -0.4 is 15.4 Å². The van der Waals surface area contributed by atoms with Gasteiger partial charge in [0.05, 0.1) is 4.90 Å². The van der Waals surface area contributed by atoms with Crippen LogP contribution >= 0.6 is 12.2 Å². The highest BCUT2D eigenvalue weighted by atomic mass is 32.2. The van der Waals surface area contributed by atoms with Crippen molar-refractivity contribution in [3.05, 3.63) is 54.3 Å². The highest BCUT2D eigenvalue weighted by molar-refractivity contribution is 7.92. The molecular formula is C14H14FN3O2S2. The summed E-state index contributed by atoms with van der Waals surface area (Å²) in [6, 6.07) is 11.2. The summed E-state index contributed by atoms with van der Waals surface area (Å²) >= 11 is 4.97. The Kier molecular flexibility index (Phi) is 4.94. The van der Waals surface area contributed by atoms with Crippen LogP contribution in [0, 0.1) is 5.82 Å². The van der Waals surface area contributed by atoms with Crippen LogP contribution in [0.2, 0.25) is 0 Å². The zero-order valence-electron chi connectivity index (χ0n) is 11.6. The molecule has 116 valence electrons. The number of sulfonamides is 1. The number of hydrogen-bond donors (Lipinski definition) is 3. The number of anilines is 2. The number of nitrogens with one attached hydrogen (secondary N) is 3. The Morgan fingerprint density at radius 1 is 1.00 bits per heavy atom. The molecule has 0 fully saturated rings. The van der Waals surface area contributed by atoms with Gasteiger partial charge in [-0.1, -0.05) is 0 Å². The molecule has 0 unspecified atom stereocenters. The highest BCUT2D eigenvalue weighted by Crippen LogP contribution is 2.18. The van der Waals surface area contributed by atoms with Crippen LogP contribution in [0.4, 0.5) is 15.8 Å². The molecule has 5 nitrogen and oxygen atoms in total. The first kappa shape index (κ1) is 16.2. The maximum absolute atomic E-state index is 12.8. The van der Waals surface area contributed by atoms with Gasteiger partial charge in [0.25, 0.3) is 10.0 Å². The van der Waals surface area contributed by atoms with E-state index in [2.05, 4.69) is 15.4 Å². The predicted molar refractivity (Wildman–Crippen MR) is 88.9 cm³/mol. The molecular weight excluding hydrogens is 325 g/mol. The van der Waals surface area contributed by atoms with Crippen molar-refractivity contribution in [2.45, 2.75) is 4.90 Å². The van der Waals surface area contributed by atoms with E-state index < -0.39 is 15.8 Å². The highest BCUT2D eigenvalue weighted by Gasteiger charge is 2.14. The van der Waals surface area contributed by atoms with Crippen LogP contribution in [0.1, 0.15) is 0 Å². The topological polar surface area (TPSA) is 70.2 Å². The molecule has 0 aliphatic carbocycles. The van der Waals surface area contributed by atoms with Gasteiger partial charge >= 0.3 is 0 Å². The number of halogens is 1. The Bertz CT molecular complexity index is 760. The Morgan fingerprint density at radius 3 is 2.09 bits per heavy atom. The summed E-state index contributed by atoms with van der Waals surface area (Å²) in [4.78, 5) is -0.00698. The molecule has 0 bridgehead atoms. The normalized spacial score (nSPS) is 10.8. The Morgan fingerprint density at radius 2 is 1.55 bits per heavy atom. The maximum Gasteiger partial charge on any atom is 0.261 e. The first-order valence-electron chi connectivity index (χ1n) is 6.28. The fourth-order valence-corrected chi connectivity index (χ4v) is 2.82. The molecule has 0 aliphatic rings. The van der Waals surface area contributed by atoms with Gasteiger partial charge < -0.3 is 10.6 Å². The van der Waals surface area contributed by atoms with Crippen molar-refractivity contribution >= 4 is 38.7 Å². The number of rotatable bonds is 4. The van der Waals surface area contributed by atoms with Gasteiger partial charge in [0.1, 0.15) is 5.82 Å². The van der Waals surface area contributed by atoms with Crippen LogP contribution in [0.25, 0.3) is 0 Å². The molecule has 0 aliphatic heterocycles. The van der Waals surface area contributed by atoms with Crippen LogP contribution in [0.5, 0.6) is 0 Å². The summed E-state index contributed by atoms with van der Waals surface area (Å²) in [5.41, 5.74) is 1.12. The quantitative estimate of drug-likeness (QED) is 0.747. The van der Waals surface area contributed by atoms with Crippen molar-refractivity contribution in [3.63, 3.8) is 0 Å². The minimum atomic E-state index is -3.75. The third-order valence-corrected chi connectivity index (χ3v) is 4.45. The smallest absolute Gasteiger partial charge is 0.261 e. The Balaban J connectivity index is 2.13. The lowest BCUT2D eigenvalue weighted by atomic mass is 10.3. The largest absolute Gasteiger partial charge is 0.366 e. The molecule has 0 saturated heterocycles. The summed E-state index contributed by atoms with van der Waals surface area (Å²) < 4.78 is 39.5. The second-order valence-corrected chi connectivity index (χ2v) is 6.43. The van der Waals surface area contributed by atoms with Crippen molar-refractivity contribution in [3.8, 4) is 0 Å². The second-order valence-electron chi connectivity index (χ2n) is 4.34. The molecule has 0 spiro atoms. The molecule has 8 heteroatoms. The van der Waals surface area contributed by atoms with E-state index in [0.717, 1.165) is 17.8 Å². The summed E-state index contributed by atoms with van der Waals surface area (Å²) in [5, 5.41) is 6.15. The molecule has 2 aromatic carbocycles. The van der Waals surface area contributed by atoms with Crippen LogP contribution in [0.3, 0.4) is 0 Å². The SMILES string of the molecule is CNC(=S)Nc1ccc(NS(=O)(=O)c2ccc(F)cc2)cc1. The molecule has 2 rings (SSSR count). The lowest BCUT2D eigenvalue weighted by Gasteiger charge is -2.10. The van der Waals surface area contributed by atoms with Crippen LogP contribution in [-0.2, 0) is 10.0 Å². The summed E-state index contributed by atoms with van der Waals surface area (Å²) in [5.74, 6) is -0.491.